The number of fused-ring (bicyclic) bond motifs is 1. The highest BCUT2D eigenvalue weighted by Gasteiger charge is 2.50. The molecule has 3 aliphatic rings. The SMILES string of the molecule is COc1ccc(C2(C3CCCC3=O)CCC(C(=O)O)CC2)c2c1OCCO2. The molecule has 0 radical (unpaired) electrons. The number of carboxylic acids is 1. The summed E-state index contributed by atoms with van der Waals surface area (Å²) in [5, 5.41) is 9.43. The van der Waals surface area contributed by atoms with Crippen molar-refractivity contribution >= 4 is 11.8 Å². The third-order valence-electron chi connectivity index (χ3n) is 6.61. The number of rotatable bonds is 4. The van der Waals surface area contributed by atoms with Crippen LogP contribution in [0.15, 0.2) is 12.1 Å². The molecule has 1 aromatic carbocycles. The van der Waals surface area contributed by atoms with Crippen molar-refractivity contribution in [3.63, 3.8) is 0 Å². The lowest BCUT2D eigenvalue weighted by atomic mass is 9.59. The van der Waals surface area contributed by atoms with Gasteiger partial charge in [0.2, 0.25) is 5.75 Å². The van der Waals surface area contributed by atoms with E-state index < -0.39 is 5.97 Å². The molecule has 0 amide bonds. The fraction of sp³-hybridized carbons (Fsp3) is 0.619. The van der Waals surface area contributed by atoms with Crippen LogP contribution in [0.2, 0.25) is 0 Å². The number of carboxylic acid groups (broad SMARTS) is 1. The van der Waals surface area contributed by atoms with Gasteiger partial charge in [0.05, 0.1) is 13.0 Å². The topological polar surface area (TPSA) is 82.1 Å². The van der Waals surface area contributed by atoms with Crippen LogP contribution in [0.5, 0.6) is 17.2 Å². The summed E-state index contributed by atoms with van der Waals surface area (Å²) in [4.78, 5) is 24.2. The van der Waals surface area contributed by atoms with Gasteiger partial charge in [-0.15, -0.1) is 0 Å². The van der Waals surface area contributed by atoms with E-state index in [9.17, 15) is 14.7 Å². The van der Waals surface area contributed by atoms with E-state index in [0.29, 0.717) is 68.3 Å². The van der Waals surface area contributed by atoms with Gasteiger partial charge < -0.3 is 19.3 Å². The number of ketones is 1. The maximum absolute atomic E-state index is 12.7. The zero-order chi connectivity index (χ0) is 19.0. The van der Waals surface area contributed by atoms with Crippen LogP contribution in [0.3, 0.4) is 0 Å². The highest BCUT2D eigenvalue weighted by Crippen LogP contribution is 2.56. The second-order valence-corrected chi connectivity index (χ2v) is 7.85. The van der Waals surface area contributed by atoms with Gasteiger partial charge in [-0.25, -0.2) is 0 Å². The molecule has 1 N–H and O–H groups in total. The summed E-state index contributed by atoms with van der Waals surface area (Å²) in [5.41, 5.74) is 0.610. The third-order valence-corrected chi connectivity index (χ3v) is 6.61. The van der Waals surface area contributed by atoms with Gasteiger partial charge in [0, 0.05) is 23.3 Å². The van der Waals surface area contributed by atoms with Gasteiger partial charge in [0.25, 0.3) is 0 Å². The molecule has 2 aliphatic carbocycles. The summed E-state index contributed by atoms with van der Waals surface area (Å²) in [6, 6.07) is 3.88. The molecule has 6 heteroatoms. The second-order valence-electron chi connectivity index (χ2n) is 7.85. The number of benzene rings is 1. The number of Topliss-reactive ketones (excluding diaryl/α,β-unsaturated/α-hetero) is 1. The van der Waals surface area contributed by atoms with Gasteiger partial charge in [0.15, 0.2) is 11.5 Å². The van der Waals surface area contributed by atoms with E-state index in [2.05, 4.69) is 0 Å². The van der Waals surface area contributed by atoms with Crippen LogP contribution in [0, 0.1) is 11.8 Å². The van der Waals surface area contributed by atoms with Crippen molar-refractivity contribution in [2.24, 2.45) is 11.8 Å². The number of hydrogen-bond donors (Lipinski definition) is 1. The number of carbonyl (C=O) groups is 2. The van der Waals surface area contributed by atoms with Gasteiger partial charge in [0.1, 0.15) is 19.0 Å². The summed E-state index contributed by atoms with van der Waals surface area (Å²) < 4.78 is 17.3. The highest BCUT2D eigenvalue weighted by molar-refractivity contribution is 5.85. The van der Waals surface area contributed by atoms with E-state index in [1.165, 1.54) is 0 Å². The molecule has 1 heterocycles. The van der Waals surface area contributed by atoms with E-state index in [-0.39, 0.29) is 17.3 Å². The van der Waals surface area contributed by atoms with Crippen LogP contribution in [0.4, 0.5) is 0 Å². The van der Waals surface area contributed by atoms with Crippen molar-refractivity contribution in [2.75, 3.05) is 20.3 Å². The maximum atomic E-state index is 12.7. The van der Waals surface area contributed by atoms with Gasteiger partial charge >= 0.3 is 5.97 Å². The van der Waals surface area contributed by atoms with Crippen LogP contribution in [-0.4, -0.2) is 37.2 Å². The molecule has 6 nitrogen and oxygen atoms in total. The summed E-state index contributed by atoms with van der Waals surface area (Å²) in [7, 11) is 1.60. The number of carbonyl (C=O) groups excluding carboxylic acids is 1. The van der Waals surface area contributed by atoms with Crippen molar-refractivity contribution in [3.8, 4) is 17.2 Å². The Kier molecular flexibility index (Phi) is 4.74. The average Bonchev–Trinajstić information content (AvgIpc) is 3.13. The van der Waals surface area contributed by atoms with E-state index in [1.54, 1.807) is 7.11 Å². The first-order chi connectivity index (χ1) is 13.1. The predicted molar refractivity (Wildman–Crippen MR) is 97.6 cm³/mol. The van der Waals surface area contributed by atoms with E-state index in [4.69, 9.17) is 14.2 Å². The number of methoxy groups -OCH3 is 1. The number of aliphatic carboxylic acids is 1. The quantitative estimate of drug-likeness (QED) is 0.870. The predicted octanol–water partition coefficient (Wildman–Crippen LogP) is 3.35. The minimum absolute atomic E-state index is 0.0738. The minimum atomic E-state index is -0.738. The van der Waals surface area contributed by atoms with Crippen molar-refractivity contribution in [3.05, 3.63) is 17.7 Å². The van der Waals surface area contributed by atoms with Gasteiger partial charge in [-0.2, -0.15) is 0 Å². The lowest BCUT2D eigenvalue weighted by Crippen LogP contribution is -2.42. The molecule has 1 atom stereocenters. The lowest BCUT2D eigenvalue weighted by molar-refractivity contribution is -0.143. The molecular weight excluding hydrogens is 348 g/mol. The highest BCUT2D eigenvalue weighted by atomic mass is 16.6. The van der Waals surface area contributed by atoms with Crippen LogP contribution >= 0.6 is 0 Å². The molecule has 4 rings (SSSR count). The fourth-order valence-electron chi connectivity index (χ4n) is 5.25. The summed E-state index contributed by atoms with van der Waals surface area (Å²) >= 11 is 0. The lowest BCUT2D eigenvalue weighted by Gasteiger charge is -2.44. The standard InChI is InChI=1S/C21H26O6/c1-25-17-6-5-15(18-19(17)27-12-11-26-18)21(14-3-2-4-16(14)22)9-7-13(8-10-21)20(23)24/h5-6,13-14H,2-4,7-12H2,1H3,(H,23,24). The molecule has 1 unspecified atom stereocenters. The van der Waals surface area contributed by atoms with E-state index >= 15 is 0 Å². The van der Waals surface area contributed by atoms with Gasteiger partial charge in [-0.1, -0.05) is 6.07 Å². The maximum Gasteiger partial charge on any atom is 0.306 e. The van der Waals surface area contributed by atoms with E-state index in [1.807, 2.05) is 12.1 Å². The average molecular weight is 374 g/mol. The Morgan fingerprint density at radius 2 is 1.85 bits per heavy atom. The summed E-state index contributed by atoms with van der Waals surface area (Å²) in [6.45, 7) is 0.920. The Labute approximate surface area is 158 Å². The minimum Gasteiger partial charge on any atom is -0.493 e. The molecule has 1 aromatic rings. The zero-order valence-electron chi connectivity index (χ0n) is 15.7. The van der Waals surface area contributed by atoms with Crippen LogP contribution in [0.1, 0.15) is 50.5 Å². The van der Waals surface area contributed by atoms with Crippen LogP contribution in [0.25, 0.3) is 0 Å². The number of hydrogen-bond acceptors (Lipinski definition) is 5. The molecular formula is C21H26O6. The molecule has 0 saturated heterocycles. The third kappa shape index (κ3) is 2.95. The second kappa shape index (κ2) is 7.06. The summed E-state index contributed by atoms with van der Waals surface area (Å²) in [5.74, 6) is 1.06. The number of ether oxygens (including phenoxy) is 3. The van der Waals surface area contributed by atoms with Crippen molar-refractivity contribution in [1.29, 1.82) is 0 Å². The summed E-state index contributed by atoms with van der Waals surface area (Å²) in [6.07, 6.45) is 4.92. The Bertz CT molecular complexity index is 747. The van der Waals surface area contributed by atoms with Gasteiger partial charge in [-0.3, -0.25) is 9.59 Å². The Balaban J connectivity index is 1.80. The fourth-order valence-corrected chi connectivity index (χ4v) is 5.25. The Morgan fingerprint density at radius 1 is 1.15 bits per heavy atom. The Morgan fingerprint density at radius 3 is 2.44 bits per heavy atom. The van der Waals surface area contributed by atoms with Crippen molar-refractivity contribution in [1.82, 2.24) is 0 Å². The zero-order valence-corrected chi connectivity index (χ0v) is 15.7. The smallest absolute Gasteiger partial charge is 0.306 e. The first kappa shape index (κ1) is 18.1. The first-order valence-electron chi connectivity index (χ1n) is 9.79. The molecule has 1 aliphatic heterocycles. The van der Waals surface area contributed by atoms with Crippen molar-refractivity contribution in [2.45, 2.75) is 50.4 Å². The monoisotopic (exact) mass is 374 g/mol. The van der Waals surface area contributed by atoms with E-state index in [0.717, 1.165) is 18.4 Å². The largest absolute Gasteiger partial charge is 0.493 e. The Hall–Kier alpha value is -2.24. The normalized spacial score (nSPS) is 30.2. The molecule has 0 spiro atoms. The molecule has 0 bridgehead atoms. The first-order valence-corrected chi connectivity index (χ1v) is 9.79. The van der Waals surface area contributed by atoms with Crippen molar-refractivity contribution < 1.29 is 28.9 Å². The molecule has 27 heavy (non-hydrogen) atoms. The van der Waals surface area contributed by atoms with Crippen LogP contribution in [-0.2, 0) is 15.0 Å². The molecule has 2 saturated carbocycles. The van der Waals surface area contributed by atoms with Crippen LogP contribution < -0.4 is 14.2 Å². The van der Waals surface area contributed by atoms with Gasteiger partial charge in [-0.05, 0) is 44.6 Å². The molecule has 0 aromatic heterocycles. The molecule has 2 fully saturated rings. The molecule has 146 valence electrons.